The van der Waals surface area contributed by atoms with Crippen molar-refractivity contribution in [3.63, 3.8) is 0 Å². The van der Waals surface area contributed by atoms with Crippen molar-refractivity contribution in [2.75, 3.05) is 11.5 Å². The molecule has 10 heteroatoms. The second-order valence-corrected chi connectivity index (χ2v) is 9.29. The SMILES string of the molecule is CCOc1cc(/C=C2\C(=O)NC(=O)N(c3ccccc3Cl)C2=O)cc(Br)c1OCc1ccc(Cl)cc1. The molecule has 0 aliphatic carbocycles. The molecule has 0 unspecified atom stereocenters. The molecule has 1 saturated heterocycles. The van der Waals surface area contributed by atoms with E-state index in [1.807, 2.05) is 19.1 Å². The molecular formula is C26H19BrCl2N2O5. The lowest BCUT2D eigenvalue weighted by atomic mass is 10.1. The largest absolute Gasteiger partial charge is 0.490 e. The number of urea groups is 1. The number of nitrogens with one attached hydrogen (secondary N) is 1. The van der Waals surface area contributed by atoms with E-state index in [1.165, 1.54) is 12.1 Å². The van der Waals surface area contributed by atoms with Crippen molar-refractivity contribution in [2.24, 2.45) is 0 Å². The summed E-state index contributed by atoms with van der Waals surface area (Å²) in [6, 6.07) is 16.1. The molecule has 0 spiro atoms. The van der Waals surface area contributed by atoms with Crippen LogP contribution in [0.5, 0.6) is 11.5 Å². The number of carbonyl (C=O) groups excluding carboxylic acids is 3. The van der Waals surface area contributed by atoms with Crippen LogP contribution in [0.1, 0.15) is 18.1 Å². The standard InChI is InChI=1S/C26H19BrCl2N2O5/c1-2-35-22-13-16(12-19(27)23(22)36-14-15-7-9-17(28)10-8-15)11-18-24(32)30-26(34)31(25(18)33)21-6-4-3-5-20(21)29/h3-13H,2,14H2,1H3,(H,30,32,34)/b18-11+. The van der Waals surface area contributed by atoms with Gasteiger partial charge in [0.15, 0.2) is 11.5 Å². The molecule has 184 valence electrons. The Balaban J connectivity index is 1.66. The first-order valence-corrected chi connectivity index (χ1v) is 12.3. The van der Waals surface area contributed by atoms with Crippen LogP contribution in [0.4, 0.5) is 10.5 Å². The van der Waals surface area contributed by atoms with E-state index in [4.69, 9.17) is 32.7 Å². The highest BCUT2D eigenvalue weighted by atomic mass is 79.9. The Morgan fingerprint density at radius 1 is 1.00 bits per heavy atom. The average Bonchev–Trinajstić information content (AvgIpc) is 2.83. The van der Waals surface area contributed by atoms with Gasteiger partial charge in [0.2, 0.25) is 0 Å². The second kappa shape index (κ2) is 11.2. The maximum Gasteiger partial charge on any atom is 0.335 e. The summed E-state index contributed by atoms with van der Waals surface area (Å²) in [6.07, 6.45) is 1.38. The Bertz CT molecular complexity index is 1380. The molecule has 0 bridgehead atoms. The first-order chi connectivity index (χ1) is 17.3. The van der Waals surface area contributed by atoms with Crippen LogP contribution in [-0.4, -0.2) is 24.5 Å². The van der Waals surface area contributed by atoms with E-state index in [2.05, 4.69) is 21.2 Å². The molecule has 1 N–H and O–H groups in total. The highest BCUT2D eigenvalue weighted by Crippen LogP contribution is 2.38. The third-order valence-electron chi connectivity index (χ3n) is 5.13. The molecule has 0 radical (unpaired) electrons. The molecule has 0 saturated carbocycles. The zero-order chi connectivity index (χ0) is 25.8. The summed E-state index contributed by atoms with van der Waals surface area (Å²) in [6.45, 7) is 2.46. The smallest absolute Gasteiger partial charge is 0.335 e. The molecule has 1 heterocycles. The molecule has 0 atom stereocenters. The van der Waals surface area contributed by atoms with Gasteiger partial charge in [-0.05, 0) is 76.5 Å². The minimum atomic E-state index is -0.877. The van der Waals surface area contributed by atoms with Crippen molar-refractivity contribution in [1.82, 2.24) is 5.32 Å². The van der Waals surface area contributed by atoms with Crippen LogP contribution < -0.4 is 19.7 Å². The number of benzene rings is 3. The van der Waals surface area contributed by atoms with Crippen LogP contribution in [-0.2, 0) is 16.2 Å². The van der Waals surface area contributed by atoms with Gasteiger partial charge in [0.25, 0.3) is 11.8 Å². The van der Waals surface area contributed by atoms with Crippen molar-refractivity contribution in [2.45, 2.75) is 13.5 Å². The van der Waals surface area contributed by atoms with Crippen LogP contribution in [0.2, 0.25) is 10.0 Å². The van der Waals surface area contributed by atoms with Crippen LogP contribution in [0.15, 0.2) is 70.7 Å². The number of hydrogen-bond donors (Lipinski definition) is 1. The van der Waals surface area contributed by atoms with Crippen molar-refractivity contribution < 1.29 is 23.9 Å². The number of anilines is 1. The highest BCUT2D eigenvalue weighted by molar-refractivity contribution is 9.10. The van der Waals surface area contributed by atoms with E-state index in [-0.39, 0.29) is 22.9 Å². The van der Waals surface area contributed by atoms with Gasteiger partial charge in [-0.15, -0.1) is 0 Å². The number of barbiturate groups is 1. The molecule has 4 amide bonds. The van der Waals surface area contributed by atoms with Gasteiger partial charge in [0.05, 0.1) is 21.8 Å². The molecule has 0 aromatic heterocycles. The number of hydrogen-bond acceptors (Lipinski definition) is 5. The van der Waals surface area contributed by atoms with Gasteiger partial charge in [-0.1, -0.05) is 47.5 Å². The fraction of sp³-hybridized carbons (Fsp3) is 0.115. The zero-order valence-electron chi connectivity index (χ0n) is 18.9. The lowest BCUT2D eigenvalue weighted by Gasteiger charge is -2.27. The lowest BCUT2D eigenvalue weighted by molar-refractivity contribution is -0.122. The minimum absolute atomic E-state index is 0.169. The summed E-state index contributed by atoms with van der Waals surface area (Å²) < 4.78 is 12.3. The third-order valence-corrected chi connectivity index (χ3v) is 6.29. The van der Waals surface area contributed by atoms with Gasteiger partial charge >= 0.3 is 6.03 Å². The Hall–Kier alpha value is -3.33. The van der Waals surface area contributed by atoms with Crippen molar-refractivity contribution in [1.29, 1.82) is 0 Å². The van der Waals surface area contributed by atoms with Crippen molar-refractivity contribution in [3.8, 4) is 11.5 Å². The van der Waals surface area contributed by atoms with E-state index in [0.717, 1.165) is 10.5 Å². The Labute approximate surface area is 225 Å². The van der Waals surface area contributed by atoms with Gasteiger partial charge in [0.1, 0.15) is 12.2 Å². The Morgan fingerprint density at radius 2 is 1.72 bits per heavy atom. The predicted molar refractivity (Wildman–Crippen MR) is 142 cm³/mol. The summed E-state index contributed by atoms with van der Waals surface area (Å²) in [4.78, 5) is 39.0. The lowest BCUT2D eigenvalue weighted by Crippen LogP contribution is -2.54. The molecule has 3 aromatic rings. The number of rotatable bonds is 7. The van der Waals surface area contributed by atoms with Gasteiger partial charge in [-0.3, -0.25) is 14.9 Å². The van der Waals surface area contributed by atoms with E-state index >= 15 is 0 Å². The zero-order valence-corrected chi connectivity index (χ0v) is 22.0. The summed E-state index contributed by atoms with van der Waals surface area (Å²) >= 11 is 15.6. The summed E-state index contributed by atoms with van der Waals surface area (Å²) in [5, 5.41) is 3.01. The van der Waals surface area contributed by atoms with Crippen LogP contribution >= 0.6 is 39.1 Å². The fourth-order valence-electron chi connectivity index (χ4n) is 3.49. The highest BCUT2D eigenvalue weighted by Gasteiger charge is 2.37. The van der Waals surface area contributed by atoms with Gasteiger partial charge < -0.3 is 9.47 Å². The van der Waals surface area contributed by atoms with E-state index in [9.17, 15) is 14.4 Å². The second-order valence-electron chi connectivity index (χ2n) is 7.59. The van der Waals surface area contributed by atoms with Crippen molar-refractivity contribution >= 4 is 68.7 Å². The van der Waals surface area contributed by atoms with Gasteiger partial charge in [-0.25, -0.2) is 9.69 Å². The summed E-state index contributed by atoms with van der Waals surface area (Å²) in [5.41, 5.74) is 1.32. The number of halogens is 3. The van der Waals surface area contributed by atoms with Crippen molar-refractivity contribution in [3.05, 3.63) is 91.9 Å². The third kappa shape index (κ3) is 5.56. The molecule has 4 rings (SSSR count). The van der Waals surface area contributed by atoms with Gasteiger partial charge in [-0.2, -0.15) is 0 Å². The van der Waals surface area contributed by atoms with Crippen LogP contribution in [0.3, 0.4) is 0 Å². The average molecular weight is 590 g/mol. The van der Waals surface area contributed by atoms with E-state index in [0.29, 0.717) is 33.2 Å². The number of para-hydroxylation sites is 1. The summed E-state index contributed by atoms with van der Waals surface area (Å²) in [7, 11) is 0. The maximum absolute atomic E-state index is 13.2. The molecule has 3 aromatic carbocycles. The molecule has 7 nitrogen and oxygen atoms in total. The van der Waals surface area contributed by atoms with E-state index < -0.39 is 17.8 Å². The Kier molecular flexibility index (Phi) is 7.98. The molecule has 1 fully saturated rings. The first-order valence-electron chi connectivity index (χ1n) is 10.8. The number of imide groups is 2. The molecule has 36 heavy (non-hydrogen) atoms. The van der Waals surface area contributed by atoms with E-state index in [1.54, 1.807) is 42.5 Å². The van der Waals surface area contributed by atoms with Crippen LogP contribution in [0, 0.1) is 0 Å². The number of nitrogens with zero attached hydrogens (tertiary/aromatic N) is 1. The normalized spacial score (nSPS) is 14.7. The predicted octanol–water partition coefficient (Wildman–Crippen LogP) is 6.40. The molecule has 1 aliphatic rings. The Morgan fingerprint density at radius 3 is 2.42 bits per heavy atom. The number of amides is 4. The van der Waals surface area contributed by atoms with Crippen LogP contribution in [0.25, 0.3) is 6.08 Å². The summed E-state index contributed by atoms with van der Waals surface area (Å²) in [5.74, 6) is -0.740. The quantitative estimate of drug-likeness (QED) is 0.255. The topological polar surface area (TPSA) is 84.9 Å². The van der Waals surface area contributed by atoms with Gasteiger partial charge in [0, 0.05) is 5.02 Å². The monoisotopic (exact) mass is 588 g/mol. The fourth-order valence-corrected chi connectivity index (χ4v) is 4.41. The molecular weight excluding hydrogens is 571 g/mol. The molecule has 1 aliphatic heterocycles. The number of carbonyl (C=O) groups is 3. The number of ether oxygens (including phenoxy) is 2. The first kappa shape index (κ1) is 25.8. The minimum Gasteiger partial charge on any atom is -0.490 e. The maximum atomic E-state index is 13.2.